The van der Waals surface area contributed by atoms with Crippen LogP contribution in [0.2, 0.25) is 0 Å². The number of hydrogen-bond donors (Lipinski definition) is 0. The van der Waals surface area contributed by atoms with Gasteiger partial charge in [-0.15, -0.1) is 0 Å². The highest BCUT2D eigenvalue weighted by molar-refractivity contribution is 6.20. The molecule has 0 aliphatic carbocycles. The summed E-state index contributed by atoms with van der Waals surface area (Å²) in [6, 6.07) is 1.73. The van der Waals surface area contributed by atoms with E-state index in [1.807, 2.05) is 20.8 Å². The Morgan fingerprint density at radius 3 is 2.71 bits per heavy atom. The van der Waals surface area contributed by atoms with E-state index in [4.69, 9.17) is 14.1 Å². The minimum Gasteiger partial charge on any atom is -0.453 e. The van der Waals surface area contributed by atoms with E-state index in [0.717, 1.165) is 12.1 Å². The number of carbonyl (C=O) groups excluding carboxylic acids is 2. The fourth-order valence-corrected chi connectivity index (χ4v) is 2.54. The van der Waals surface area contributed by atoms with Crippen LogP contribution in [0.4, 0.5) is 0 Å². The summed E-state index contributed by atoms with van der Waals surface area (Å²) < 4.78 is 10.7. The second-order valence-corrected chi connectivity index (χ2v) is 6.09. The van der Waals surface area contributed by atoms with E-state index < -0.39 is 18.0 Å². The number of cyclic esters (lactones) is 1. The Morgan fingerprint density at radius 1 is 1.42 bits per heavy atom. The second-order valence-electron chi connectivity index (χ2n) is 6.09. The average Bonchev–Trinajstić information content (AvgIpc) is 3.02. The lowest BCUT2D eigenvalue weighted by Gasteiger charge is -2.26. The van der Waals surface area contributed by atoms with Gasteiger partial charge in [-0.3, -0.25) is 9.59 Å². The van der Waals surface area contributed by atoms with E-state index in [9.17, 15) is 9.59 Å². The number of carbonyl (C=O) groups is 2. The molecule has 2 rings (SSSR count). The Bertz CT molecular complexity index is 602. The molecular formula is C17H24N2O5. The Morgan fingerprint density at radius 2 is 2.17 bits per heavy atom. The van der Waals surface area contributed by atoms with Crippen molar-refractivity contribution in [3.05, 3.63) is 17.5 Å². The number of esters is 1. The molecule has 0 aromatic carbocycles. The van der Waals surface area contributed by atoms with Crippen LogP contribution in [0, 0.1) is 5.92 Å². The molecule has 1 aliphatic rings. The van der Waals surface area contributed by atoms with Crippen LogP contribution < -0.4 is 0 Å². The average molecular weight is 336 g/mol. The first-order valence-electron chi connectivity index (χ1n) is 8.36. The van der Waals surface area contributed by atoms with Crippen molar-refractivity contribution < 1.29 is 23.7 Å². The Balaban J connectivity index is 2.15. The summed E-state index contributed by atoms with van der Waals surface area (Å²) in [5, 5.41) is 7.88. The predicted octanol–water partition coefficient (Wildman–Crippen LogP) is 3.16. The standard InChI is InChI=1S/C17H24N2O5/c1-5-7-11(18-22-6-2)16-13(20)9-14(23-17(16)21)15-8-12(10(3)4)19-24-15/h8,10,14,16H,5-7,9H2,1-4H3. The molecule has 0 radical (unpaired) electrons. The molecule has 7 heteroatoms. The van der Waals surface area contributed by atoms with Crippen LogP contribution in [0.15, 0.2) is 15.7 Å². The molecule has 0 spiro atoms. The summed E-state index contributed by atoms with van der Waals surface area (Å²) in [7, 11) is 0. The van der Waals surface area contributed by atoms with Crippen molar-refractivity contribution in [2.24, 2.45) is 11.1 Å². The minimum absolute atomic E-state index is 0.0536. The summed E-state index contributed by atoms with van der Waals surface area (Å²) in [6.45, 7) is 8.08. The molecule has 132 valence electrons. The number of ketones is 1. The van der Waals surface area contributed by atoms with Gasteiger partial charge < -0.3 is 14.1 Å². The molecular weight excluding hydrogens is 312 g/mol. The van der Waals surface area contributed by atoms with Crippen molar-refractivity contribution >= 4 is 17.5 Å². The predicted molar refractivity (Wildman–Crippen MR) is 86.5 cm³/mol. The Hall–Kier alpha value is -2.18. The molecule has 1 aliphatic heterocycles. The number of ether oxygens (including phenoxy) is 1. The fourth-order valence-electron chi connectivity index (χ4n) is 2.54. The summed E-state index contributed by atoms with van der Waals surface area (Å²) in [6.07, 6.45) is 0.594. The van der Waals surface area contributed by atoms with Gasteiger partial charge in [-0.2, -0.15) is 0 Å². The first-order chi connectivity index (χ1) is 11.5. The topological polar surface area (TPSA) is 91.0 Å². The quantitative estimate of drug-likeness (QED) is 0.329. The van der Waals surface area contributed by atoms with E-state index in [0.29, 0.717) is 24.5 Å². The maximum atomic E-state index is 12.5. The smallest absolute Gasteiger partial charge is 0.323 e. The largest absolute Gasteiger partial charge is 0.453 e. The normalized spacial score (nSPS) is 22.0. The van der Waals surface area contributed by atoms with E-state index >= 15 is 0 Å². The maximum Gasteiger partial charge on any atom is 0.323 e. The van der Waals surface area contributed by atoms with Gasteiger partial charge in [-0.05, 0) is 19.3 Å². The zero-order valence-electron chi connectivity index (χ0n) is 14.6. The van der Waals surface area contributed by atoms with Gasteiger partial charge >= 0.3 is 5.97 Å². The van der Waals surface area contributed by atoms with E-state index in [1.54, 1.807) is 13.0 Å². The molecule has 2 unspecified atom stereocenters. The van der Waals surface area contributed by atoms with Crippen LogP contribution in [0.1, 0.15) is 70.4 Å². The van der Waals surface area contributed by atoms with Crippen molar-refractivity contribution in [1.82, 2.24) is 5.16 Å². The Kier molecular flexibility index (Phi) is 6.11. The third-order valence-corrected chi connectivity index (χ3v) is 3.81. The first-order valence-corrected chi connectivity index (χ1v) is 8.36. The lowest BCUT2D eigenvalue weighted by Crippen LogP contribution is -2.39. The van der Waals surface area contributed by atoms with Crippen LogP contribution in [0.5, 0.6) is 0 Å². The van der Waals surface area contributed by atoms with Gasteiger partial charge in [0, 0.05) is 6.07 Å². The van der Waals surface area contributed by atoms with Crippen molar-refractivity contribution in [3.63, 3.8) is 0 Å². The highest BCUT2D eigenvalue weighted by atomic mass is 16.6. The summed E-state index contributed by atoms with van der Waals surface area (Å²) in [4.78, 5) is 29.9. The van der Waals surface area contributed by atoms with Crippen LogP contribution in [0.25, 0.3) is 0 Å². The van der Waals surface area contributed by atoms with Crippen LogP contribution in [0.3, 0.4) is 0 Å². The van der Waals surface area contributed by atoms with Crippen LogP contribution >= 0.6 is 0 Å². The second kappa shape index (κ2) is 8.08. The third kappa shape index (κ3) is 4.01. The van der Waals surface area contributed by atoms with Gasteiger partial charge in [0.25, 0.3) is 0 Å². The fraction of sp³-hybridized carbons (Fsp3) is 0.647. The van der Waals surface area contributed by atoms with Gasteiger partial charge in [0.05, 0.1) is 17.8 Å². The van der Waals surface area contributed by atoms with Crippen LogP contribution in [-0.2, 0) is 19.2 Å². The zero-order chi connectivity index (χ0) is 17.7. The first kappa shape index (κ1) is 18.2. The summed E-state index contributed by atoms with van der Waals surface area (Å²) >= 11 is 0. The van der Waals surface area contributed by atoms with Crippen LogP contribution in [-0.4, -0.2) is 29.2 Å². The molecule has 1 fully saturated rings. The molecule has 0 amide bonds. The number of hydrogen-bond acceptors (Lipinski definition) is 7. The summed E-state index contributed by atoms with van der Waals surface area (Å²) in [5.74, 6) is -1.23. The highest BCUT2D eigenvalue weighted by Gasteiger charge is 2.42. The minimum atomic E-state index is -0.986. The molecule has 1 saturated heterocycles. The highest BCUT2D eigenvalue weighted by Crippen LogP contribution is 2.32. The summed E-state index contributed by atoms with van der Waals surface area (Å²) in [5.41, 5.74) is 1.19. The number of Topliss-reactive ketones (excluding diaryl/α,β-unsaturated/α-hetero) is 1. The molecule has 1 aromatic heterocycles. The van der Waals surface area contributed by atoms with Crippen molar-refractivity contribution in [3.8, 4) is 0 Å². The molecule has 0 N–H and O–H groups in total. The number of aromatic nitrogens is 1. The molecule has 24 heavy (non-hydrogen) atoms. The van der Waals surface area contributed by atoms with Crippen molar-refractivity contribution in [2.75, 3.05) is 6.61 Å². The van der Waals surface area contributed by atoms with Crippen molar-refractivity contribution in [2.45, 2.75) is 59.0 Å². The number of oxime groups is 1. The van der Waals surface area contributed by atoms with E-state index in [-0.39, 0.29) is 18.1 Å². The van der Waals surface area contributed by atoms with Gasteiger partial charge in [0.1, 0.15) is 6.61 Å². The lowest BCUT2D eigenvalue weighted by atomic mass is 9.89. The van der Waals surface area contributed by atoms with Gasteiger partial charge in [0.2, 0.25) is 0 Å². The maximum absolute atomic E-state index is 12.5. The van der Waals surface area contributed by atoms with Gasteiger partial charge in [-0.25, -0.2) is 0 Å². The third-order valence-electron chi connectivity index (χ3n) is 3.81. The number of rotatable bonds is 7. The molecule has 1 aromatic rings. The van der Waals surface area contributed by atoms with Crippen molar-refractivity contribution in [1.29, 1.82) is 0 Å². The molecule has 0 saturated carbocycles. The monoisotopic (exact) mass is 336 g/mol. The Labute approximate surface area is 141 Å². The SMILES string of the molecule is CCCC(=NOCC)C1C(=O)CC(c2cc(C(C)C)no2)OC1=O. The molecule has 2 atom stereocenters. The molecule has 0 bridgehead atoms. The molecule has 7 nitrogen and oxygen atoms in total. The zero-order valence-corrected chi connectivity index (χ0v) is 14.6. The molecule has 2 heterocycles. The lowest BCUT2D eigenvalue weighted by molar-refractivity contribution is -0.163. The number of nitrogens with zero attached hydrogens (tertiary/aromatic N) is 2. The van der Waals surface area contributed by atoms with Gasteiger partial charge in [0.15, 0.2) is 23.6 Å². The van der Waals surface area contributed by atoms with E-state index in [2.05, 4.69) is 10.3 Å². The van der Waals surface area contributed by atoms with Gasteiger partial charge in [-0.1, -0.05) is 37.5 Å². The van der Waals surface area contributed by atoms with E-state index in [1.165, 1.54) is 0 Å².